The molecule has 0 saturated heterocycles. The molecule has 2 aromatic carbocycles. The van der Waals surface area contributed by atoms with E-state index in [1.807, 2.05) is 31.2 Å². The molecule has 2 aromatic rings. The normalized spacial score (nSPS) is 12.3. The maximum atomic E-state index is 6.24. The van der Waals surface area contributed by atoms with Crippen LogP contribution in [0.3, 0.4) is 0 Å². The number of nitrogens with one attached hydrogen (secondary N) is 1. The minimum atomic E-state index is -0.0490. The third-order valence-corrected chi connectivity index (χ3v) is 5.07. The molecule has 106 valence electrons. The highest BCUT2D eigenvalue weighted by Gasteiger charge is 2.15. The Balaban J connectivity index is 2.31. The average Bonchev–Trinajstić information content (AvgIpc) is 2.40. The van der Waals surface area contributed by atoms with Crippen LogP contribution in [-0.4, -0.2) is 0 Å². The van der Waals surface area contributed by atoms with E-state index in [0.717, 1.165) is 15.7 Å². The van der Waals surface area contributed by atoms with Gasteiger partial charge in [-0.25, -0.2) is 0 Å². The van der Waals surface area contributed by atoms with Crippen LogP contribution < -0.4 is 5.32 Å². The summed E-state index contributed by atoms with van der Waals surface area (Å²) in [5.74, 6) is 0. The summed E-state index contributed by atoms with van der Waals surface area (Å²) in [6, 6.07) is 9.07. The molecule has 0 aliphatic heterocycles. The lowest BCUT2D eigenvalue weighted by molar-refractivity contribution is 0.884. The van der Waals surface area contributed by atoms with Crippen LogP contribution in [0.15, 0.2) is 34.8 Å². The zero-order chi connectivity index (χ0) is 14.9. The lowest BCUT2D eigenvalue weighted by Crippen LogP contribution is -2.08. The van der Waals surface area contributed by atoms with Crippen molar-refractivity contribution in [3.63, 3.8) is 0 Å². The minimum Gasteiger partial charge on any atom is -0.378 e. The van der Waals surface area contributed by atoms with Gasteiger partial charge < -0.3 is 5.32 Å². The first-order valence-corrected chi connectivity index (χ1v) is 8.05. The van der Waals surface area contributed by atoms with Crippen LogP contribution in [0.5, 0.6) is 0 Å². The highest BCUT2D eigenvalue weighted by Crippen LogP contribution is 2.37. The van der Waals surface area contributed by atoms with Gasteiger partial charge in [0.05, 0.1) is 26.8 Å². The average molecular weight is 414 g/mol. The summed E-state index contributed by atoms with van der Waals surface area (Å²) in [6.45, 7) is 1.98. The fourth-order valence-corrected chi connectivity index (χ4v) is 3.03. The van der Waals surface area contributed by atoms with Crippen LogP contribution in [-0.2, 0) is 0 Å². The molecule has 20 heavy (non-hydrogen) atoms. The van der Waals surface area contributed by atoms with Gasteiger partial charge in [0, 0.05) is 9.50 Å². The van der Waals surface area contributed by atoms with Crippen LogP contribution in [0.1, 0.15) is 18.5 Å². The first-order chi connectivity index (χ1) is 9.40. The lowest BCUT2D eigenvalue weighted by Gasteiger charge is -2.19. The molecule has 0 radical (unpaired) electrons. The third-order valence-electron chi connectivity index (χ3n) is 2.83. The summed E-state index contributed by atoms with van der Waals surface area (Å²) >= 11 is 27.7. The van der Waals surface area contributed by atoms with E-state index >= 15 is 0 Å². The summed E-state index contributed by atoms with van der Waals surface area (Å²) in [7, 11) is 0. The molecule has 1 atom stereocenters. The predicted molar refractivity (Wildman–Crippen MR) is 92.7 cm³/mol. The van der Waals surface area contributed by atoms with Crippen molar-refractivity contribution in [3.05, 3.63) is 60.5 Å². The molecule has 0 aliphatic carbocycles. The van der Waals surface area contributed by atoms with Gasteiger partial charge in [-0.05, 0) is 52.7 Å². The second kappa shape index (κ2) is 6.76. The Labute approximate surface area is 146 Å². The standard InChI is InChI=1S/C14H10BrCl4N/c1-7(9-3-5-11(17)14(19)13(9)18)20-12-6-8(16)2-4-10(12)15/h2-7,20H,1H3. The van der Waals surface area contributed by atoms with Crippen LogP contribution in [0, 0.1) is 0 Å². The molecule has 0 aliphatic rings. The molecule has 0 saturated carbocycles. The Morgan fingerprint density at radius 2 is 1.70 bits per heavy atom. The Kier molecular flexibility index (Phi) is 5.49. The van der Waals surface area contributed by atoms with Crippen molar-refractivity contribution in [2.75, 3.05) is 5.32 Å². The van der Waals surface area contributed by atoms with E-state index in [-0.39, 0.29) is 6.04 Å². The molecule has 0 amide bonds. The molecule has 1 unspecified atom stereocenters. The fourth-order valence-electron chi connectivity index (χ4n) is 1.79. The maximum Gasteiger partial charge on any atom is 0.0782 e. The van der Waals surface area contributed by atoms with Crippen molar-refractivity contribution >= 4 is 68.0 Å². The number of hydrogen-bond acceptors (Lipinski definition) is 1. The van der Waals surface area contributed by atoms with Gasteiger partial charge in [-0.1, -0.05) is 52.5 Å². The number of rotatable bonds is 3. The first-order valence-electron chi connectivity index (χ1n) is 5.75. The molecular weight excluding hydrogens is 404 g/mol. The second-order valence-corrected chi connectivity index (χ2v) is 6.71. The maximum absolute atomic E-state index is 6.24. The van der Waals surface area contributed by atoms with E-state index in [1.165, 1.54) is 0 Å². The van der Waals surface area contributed by atoms with E-state index in [0.29, 0.717) is 20.1 Å². The molecule has 0 heterocycles. The molecule has 2 rings (SSSR count). The van der Waals surface area contributed by atoms with Crippen LogP contribution >= 0.6 is 62.3 Å². The smallest absolute Gasteiger partial charge is 0.0782 e. The summed E-state index contributed by atoms with van der Waals surface area (Å²) in [5.41, 5.74) is 1.75. The van der Waals surface area contributed by atoms with E-state index in [4.69, 9.17) is 46.4 Å². The van der Waals surface area contributed by atoms with E-state index < -0.39 is 0 Å². The Morgan fingerprint density at radius 3 is 2.40 bits per heavy atom. The molecule has 1 N–H and O–H groups in total. The molecule has 0 fully saturated rings. The summed E-state index contributed by atoms with van der Waals surface area (Å²) < 4.78 is 0.921. The predicted octanol–water partition coefficient (Wildman–Crippen LogP) is 7.24. The van der Waals surface area contributed by atoms with Crippen molar-refractivity contribution in [2.24, 2.45) is 0 Å². The van der Waals surface area contributed by atoms with Crippen molar-refractivity contribution in [1.82, 2.24) is 0 Å². The minimum absolute atomic E-state index is 0.0490. The van der Waals surface area contributed by atoms with Gasteiger partial charge in [-0.2, -0.15) is 0 Å². The number of anilines is 1. The third kappa shape index (κ3) is 3.55. The van der Waals surface area contributed by atoms with Crippen molar-refractivity contribution < 1.29 is 0 Å². The Hall–Kier alpha value is -0.120. The quantitative estimate of drug-likeness (QED) is 0.523. The van der Waals surface area contributed by atoms with Crippen molar-refractivity contribution in [3.8, 4) is 0 Å². The van der Waals surface area contributed by atoms with Crippen molar-refractivity contribution in [2.45, 2.75) is 13.0 Å². The van der Waals surface area contributed by atoms with Gasteiger partial charge in [-0.15, -0.1) is 0 Å². The van der Waals surface area contributed by atoms with Gasteiger partial charge in [0.15, 0.2) is 0 Å². The summed E-state index contributed by atoms with van der Waals surface area (Å²) in [6.07, 6.45) is 0. The second-order valence-electron chi connectivity index (χ2n) is 4.25. The lowest BCUT2D eigenvalue weighted by atomic mass is 10.1. The van der Waals surface area contributed by atoms with E-state index in [9.17, 15) is 0 Å². The topological polar surface area (TPSA) is 12.0 Å². The molecule has 0 bridgehead atoms. The Morgan fingerprint density at radius 1 is 1.00 bits per heavy atom. The highest BCUT2D eigenvalue weighted by molar-refractivity contribution is 9.10. The fraction of sp³-hybridized carbons (Fsp3) is 0.143. The first kappa shape index (κ1) is 16.3. The number of halogens is 5. The number of hydrogen-bond donors (Lipinski definition) is 1. The van der Waals surface area contributed by atoms with Crippen LogP contribution in [0.4, 0.5) is 5.69 Å². The van der Waals surface area contributed by atoms with E-state index in [1.54, 1.807) is 6.07 Å². The van der Waals surface area contributed by atoms with E-state index in [2.05, 4.69) is 21.2 Å². The SMILES string of the molecule is CC(Nc1cc(Cl)ccc1Br)c1ccc(Cl)c(Cl)c1Cl. The zero-order valence-corrected chi connectivity index (χ0v) is 15.0. The number of benzene rings is 2. The van der Waals surface area contributed by atoms with Crippen LogP contribution in [0.25, 0.3) is 0 Å². The van der Waals surface area contributed by atoms with Gasteiger partial charge in [0.1, 0.15) is 0 Å². The van der Waals surface area contributed by atoms with Gasteiger partial charge in [0.25, 0.3) is 0 Å². The zero-order valence-electron chi connectivity index (χ0n) is 10.4. The molecule has 6 heteroatoms. The molecule has 1 nitrogen and oxygen atoms in total. The summed E-state index contributed by atoms with van der Waals surface area (Å²) in [4.78, 5) is 0. The van der Waals surface area contributed by atoms with Gasteiger partial charge >= 0.3 is 0 Å². The van der Waals surface area contributed by atoms with Gasteiger partial charge in [-0.3, -0.25) is 0 Å². The monoisotopic (exact) mass is 411 g/mol. The molecule has 0 aromatic heterocycles. The van der Waals surface area contributed by atoms with Crippen LogP contribution in [0.2, 0.25) is 20.1 Å². The summed E-state index contributed by atoms with van der Waals surface area (Å²) in [5, 5.41) is 5.26. The Bertz CT molecular complexity index is 645. The van der Waals surface area contributed by atoms with Gasteiger partial charge in [0.2, 0.25) is 0 Å². The molecular formula is C14H10BrCl4N. The largest absolute Gasteiger partial charge is 0.378 e. The highest BCUT2D eigenvalue weighted by atomic mass is 79.9. The van der Waals surface area contributed by atoms with Crippen molar-refractivity contribution in [1.29, 1.82) is 0 Å². The molecule has 0 spiro atoms.